The first-order valence-corrected chi connectivity index (χ1v) is 12.7. The second-order valence-corrected chi connectivity index (χ2v) is 10.3. The maximum absolute atomic E-state index is 11.6. The Kier molecular flexibility index (Phi) is 5.25. The van der Waals surface area contributed by atoms with Crippen LogP contribution in [-0.4, -0.2) is 25.3 Å². The summed E-state index contributed by atoms with van der Waals surface area (Å²) >= 11 is 1.69. The van der Waals surface area contributed by atoms with Crippen LogP contribution in [0.4, 0.5) is 5.82 Å². The summed E-state index contributed by atoms with van der Waals surface area (Å²) in [6.45, 7) is 2.12. The van der Waals surface area contributed by atoms with Gasteiger partial charge in [-0.2, -0.15) is 0 Å². The average molecular weight is 483 g/mol. The van der Waals surface area contributed by atoms with Crippen molar-refractivity contribution in [1.82, 2.24) is 19.4 Å². The summed E-state index contributed by atoms with van der Waals surface area (Å²) in [6.07, 6.45) is 6.96. The van der Waals surface area contributed by atoms with Gasteiger partial charge in [-0.05, 0) is 61.7 Å². The van der Waals surface area contributed by atoms with Gasteiger partial charge in [0.15, 0.2) is 0 Å². The molecule has 0 saturated heterocycles. The monoisotopic (exact) mass is 482 g/mol. The van der Waals surface area contributed by atoms with Crippen LogP contribution in [0.5, 0.6) is 0 Å². The lowest BCUT2D eigenvalue weighted by atomic mass is 9.81. The molecule has 35 heavy (non-hydrogen) atoms. The predicted molar refractivity (Wildman–Crippen MR) is 140 cm³/mol. The molecule has 176 valence electrons. The maximum atomic E-state index is 11.6. The molecular weight excluding hydrogens is 456 g/mol. The van der Waals surface area contributed by atoms with E-state index in [2.05, 4.69) is 52.0 Å². The number of anilines is 1. The van der Waals surface area contributed by atoms with Crippen molar-refractivity contribution in [3.63, 3.8) is 0 Å². The van der Waals surface area contributed by atoms with Gasteiger partial charge in [0.2, 0.25) is 5.91 Å². The van der Waals surface area contributed by atoms with Gasteiger partial charge < -0.3 is 11.5 Å². The fraction of sp³-hybridized carbons (Fsp3) is 0.259. The molecule has 0 atom stereocenters. The standard InChI is InChI=1S/C27H26N6OS/c1-15-13-21(22-3-2-12-35-22)31-20-14-18(8-9-19(15)20)23-24-25(28)30-10-11-33(24)27(32-23)17-6-4-16(5-7-17)26(29)34/h2-3,8-14,16-17H,4-7H2,1H3,(H2,28,30)(H2,29,34). The van der Waals surface area contributed by atoms with Crippen molar-refractivity contribution in [3.05, 3.63) is 65.6 Å². The molecule has 4 heterocycles. The first-order chi connectivity index (χ1) is 17.0. The second-order valence-electron chi connectivity index (χ2n) is 9.33. The number of fused-ring (bicyclic) bond motifs is 2. The minimum absolute atomic E-state index is 0.0453. The molecule has 6 rings (SSSR count). The normalized spacial score (nSPS) is 18.3. The third kappa shape index (κ3) is 3.74. The molecule has 1 aromatic carbocycles. The number of hydrogen-bond acceptors (Lipinski definition) is 6. The second kappa shape index (κ2) is 8.46. The van der Waals surface area contributed by atoms with Gasteiger partial charge in [0.1, 0.15) is 22.9 Å². The number of aryl methyl sites for hydroxylation is 1. The van der Waals surface area contributed by atoms with Crippen LogP contribution >= 0.6 is 11.3 Å². The smallest absolute Gasteiger partial charge is 0.220 e. The van der Waals surface area contributed by atoms with Crippen molar-refractivity contribution in [2.24, 2.45) is 11.7 Å². The van der Waals surface area contributed by atoms with E-state index in [1.165, 1.54) is 5.56 Å². The zero-order chi connectivity index (χ0) is 24.1. The van der Waals surface area contributed by atoms with Crippen LogP contribution in [0, 0.1) is 12.8 Å². The summed E-state index contributed by atoms with van der Waals surface area (Å²) < 4.78 is 2.07. The molecule has 1 aliphatic carbocycles. The Morgan fingerprint density at radius 2 is 1.94 bits per heavy atom. The molecule has 0 bridgehead atoms. The summed E-state index contributed by atoms with van der Waals surface area (Å²) in [7, 11) is 0. The van der Waals surface area contributed by atoms with E-state index < -0.39 is 0 Å². The lowest BCUT2D eigenvalue weighted by Gasteiger charge is -2.25. The van der Waals surface area contributed by atoms with Crippen LogP contribution in [0.1, 0.15) is 43.0 Å². The molecule has 4 N–H and O–H groups in total. The van der Waals surface area contributed by atoms with E-state index in [0.717, 1.165) is 69.8 Å². The minimum Gasteiger partial charge on any atom is -0.382 e. The number of primary amides is 1. The molecule has 0 unspecified atom stereocenters. The highest BCUT2D eigenvalue weighted by molar-refractivity contribution is 7.13. The molecular formula is C27H26N6OS. The lowest BCUT2D eigenvalue weighted by Crippen LogP contribution is -2.27. The highest BCUT2D eigenvalue weighted by atomic mass is 32.1. The summed E-state index contributed by atoms with van der Waals surface area (Å²) in [6, 6.07) is 12.6. The molecule has 1 fully saturated rings. The SMILES string of the molecule is Cc1cc(-c2cccs2)nc2cc(-c3nc(C4CCC(C(N)=O)CC4)n4ccnc(N)c34)ccc12. The topological polar surface area (TPSA) is 112 Å². The van der Waals surface area contributed by atoms with E-state index in [9.17, 15) is 4.79 Å². The molecule has 4 aromatic heterocycles. The third-order valence-electron chi connectivity index (χ3n) is 7.17. The van der Waals surface area contributed by atoms with Crippen molar-refractivity contribution < 1.29 is 4.79 Å². The number of pyridine rings is 1. The molecule has 5 aromatic rings. The first kappa shape index (κ1) is 21.7. The number of rotatable bonds is 4. The van der Waals surface area contributed by atoms with Crippen LogP contribution in [0.15, 0.2) is 54.2 Å². The average Bonchev–Trinajstić information content (AvgIpc) is 3.53. The summed E-state index contributed by atoms with van der Waals surface area (Å²) in [5.41, 5.74) is 17.6. The summed E-state index contributed by atoms with van der Waals surface area (Å²) in [5, 5.41) is 3.19. The Bertz CT molecular complexity index is 1560. The van der Waals surface area contributed by atoms with Crippen molar-refractivity contribution in [1.29, 1.82) is 0 Å². The van der Waals surface area contributed by atoms with Crippen molar-refractivity contribution in [2.75, 3.05) is 5.73 Å². The largest absolute Gasteiger partial charge is 0.382 e. The Hall–Kier alpha value is -3.78. The highest BCUT2D eigenvalue weighted by Gasteiger charge is 2.29. The number of hydrogen-bond donors (Lipinski definition) is 2. The number of nitrogens with two attached hydrogens (primary N) is 2. The van der Waals surface area contributed by atoms with Gasteiger partial charge in [0.25, 0.3) is 0 Å². The van der Waals surface area contributed by atoms with Crippen molar-refractivity contribution in [2.45, 2.75) is 38.5 Å². The van der Waals surface area contributed by atoms with Gasteiger partial charge in [-0.1, -0.05) is 18.2 Å². The van der Waals surface area contributed by atoms with Crippen LogP contribution in [0.2, 0.25) is 0 Å². The van der Waals surface area contributed by atoms with E-state index in [4.69, 9.17) is 21.4 Å². The van der Waals surface area contributed by atoms with Crippen LogP contribution < -0.4 is 11.5 Å². The molecule has 1 amide bonds. The van der Waals surface area contributed by atoms with E-state index >= 15 is 0 Å². The van der Waals surface area contributed by atoms with Crippen LogP contribution in [0.25, 0.3) is 38.2 Å². The number of carbonyl (C=O) groups excluding carboxylic acids is 1. The van der Waals surface area contributed by atoms with Gasteiger partial charge >= 0.3 is 0 Å². The number of amides is 1. The number of imidazole rings is 1. The van der Waals surface area contributed by atoms with E-state index in [0.29, 0.717) is 5.82 Å². The van der Waals surface area contributed by atoms with E-state index in [1.807, 2.05) is 12.3 Å². The van der Waals surface area contributed by atoms with E-state index in [-0.39, 0.29) is 17.7 Å². The zero-order valence-electron chi connectivity index (χ0n) is 19.4. The fourth-order valence-electron chi connectivity index (χ4n) is 5.31. The molecule has 1 aliphatic rings. The van der Waals surface area contributed by atoms with Gasteiger partial charge in [-0.3, -0.25) is 9.20 Å². The molecule has 8 heteroatoms. The number of thiophene rings is 1. The Morgan fingerprint density at radius 1 is 1.11 bits per heavy atom. The van der Waals surface area contributed by atoms with Crippen molar-refractivity contribution in [3.8, 4) is 21.8 Å². The minimum atomic E-state index is -0.202. The van der Waals surface area contributed by atoms with Crippen LogP contribution in [-0.2, 0) is 4.79 Å². The molecule has 0 radical (unpaired) electrons. The quantitative estimate of drug-likeness (QED) is 0.360. The number of benzene rings is 1. The van der Waals surface area contributed by atoms with Gasteiger partial charge in [-0.25, -0.2) is 15.0 Å². The number of aromatic nitrogens is 4. The lowest BCUT2D eigenvalue weighted by molar-refractivity contribution is -0.122. The third-order valence-corrected chi connectivity index (χ3v) is 8.06. The maximum Gasteiger partial charge on any atom is 0.220 e. The predicted octanol–water partition coefficient (Wildman–Crippen LogP) is 5.32. The summed E-state index contributed by atoms with van der Waals surface area (Å²) in [5.74, 6) is 1.40. The summed E-state index contributed by atoms with van der Waals surface area (Å²) in [4.78, 5) is 27.2. The Balaban J connectivity index is 1.47. The van der Waals surface area contributed by atoms with Crippen molar-refractivity contribution >= 4 is 39.5 Å². The fourth-order valence-corrected chi connectivity index (χ4v) is 6.00. The molecule has 7 nitrogen and oxygen atoms in total. The Labute approximate surface area is 206 Å². The van der Waals surface area contributed by atoms with Gasteiger partial charge in [0, 0.05) is 35.2 Å². The molecule has 0 aliphatic heterocycles. The highest BCUT2D eigenvalue weighted by Crippen LogP contribution is 2.39. The van der Waals surface area contributed by atoms with Gasteiger partial charge in [-0.15, -0.1) is 11.3 Å². The number of nitrogen functional groups attached to an aromatic ring is 1. The number of nitrogens with zero attached hydrogens (tertiary/aromatic N) is 4. The Morgan fingerprint density at radius 3 is 2.69 bits per heavy atom. The molecule has 1 saturated carbocycles. The van der Waals surface area contributed by atoms with Crippen LogP contribution in [0.3, 0.4) is 0 Å². The first-order valence-electron chi connectivity index (χ1n) is 11.9. The molecule has 0 spiro atoms. The van der Waals surface area contributed by atoms with E-state index in [1.54, 1.807) is 17.5 Å². The number of carbonyl (C=O) groups is 1. The van der Waals surface area contributed by atoms with Gasteiger partial charge in [0.05, 0.1) is 16.1 Å². The zero-order valence-corrected chi connectivity index (χ0v) is 20.3.